The van der Waals surface area contributed by atoms with E-state index in [9.17, 15) is 13.2 Å². The van der Waals surface area contributed by atoms with Gasteiger partial charge in [0.25, 0.3) is 5.91 Å². The van der Waals surface area contributed by atoms with Crippen LogP contribution in [0.15, 0.2) is 46.7 Å². The highest BCUT2D eigenvalue weighted by atomic mass is 32.2. The van der Waals surface area contributed by atoms with E-state index in [1.165, 1.54) is 21.7 Å². The maximum Gasteiger partial charge on any atom is 0.261 e. The molecule has 2 aromatic rings. The molecule has 3 rings (SSSR count). The zero-order chi connectivity index (χ0) is 17.9. The van der Waals surface area contributed by atoms with E-state index in [2.05, 4.69) is 12.2 Å². The number of piperidine rings is 1. The maximum absolute atomic E-state index is 12.7. The molecule has 1 saturated heterocycles. The molecule has 0 radical (unpaired) electrons. The van der Waals surface area contributed by atoms with Gasteiger partial charge >= 0.3 is 0 Å². The summed E-state index contributed by atoms with van der Waals surface area (Å²) >= 11 is 1.17. The lowest BCUT2D eigenvalue weighted by atomic mass is 10.0. The number of hydrogen-bond acceptors (Lipinski definition) is 4. The van der Waals surface area contributed by atoms with Crippen LogP contribution in [0.2, 0.25) is 0 Å². The van der Waals surface area contributed by atoms with Gasteiger partial charge in [-0.25, -0.2) is 8.42 Å². The molecule has 1 aliphatic rings. The van der Waals surface area contributed by atoms with Gasteiger partial charge in [-0.15, -0.1) is 11.3 Å². The molecular weight excluding hydrogens is 356 g/mol. The molecule has 2 heterocycles. The summed E-state index contributed by atoms with van der Waals surface area (Å²) in [5.41, 5.74) is 1.00. The normalized spacial score (nSPS) is 18.8. The van der Waals surface area contributed by atoms with Crippen LogP contribution in [-0.2, 0) is 16.6 Å². The first-order chi connectivity index (χ1) is 12.0. The van der Waals surface area contributed by atoms with E-state index in [1.807, 2.05) is 30.3 Å². The summed E-state index contributed by atoms with van der Waals surface area (Å²) in [5.74, 6) is 0.123. The van der Waals surface area contributed by atoms with Gasteiger partial charge in [0, 0.05) is 25.0 Å². The summed E-state index contributed by atoms with van der Waals surface area (Å²) in [5, 5.41) is 4.39. The van der Waals surface area contributed by atoms with Crippen LogP contribution in [0.1, 0.15) is 35.0 Å². The number of sulfonamides is 1. The van der Waals surface area contributed by atoms with E-state index in [0.717, 1.165) is 18.4 Å². The maximum atomic E-state index is 12.7. The van der Waals surface area contributed by atoms with Crippen LogP contribution in [-0.4, -0.2) is 31.7 Å². The molecule has 0 aliphatic carbocycles. The second kappa shape index (κ2) is 7.68. The first kappa shape index (κ1) is 18.1. The van der Waals surface area contributed by atoms with Crippen LogP contribution >= 0.6 is 11.3 Å². The molecule has 1 fully saturated rings. The highest BCUT2D eigenvalue weighted by Crippen LogP contribution is 2.26. The van der Waals surface area contributed by atoms with Crippen LogP contribution < -0.4 is 5.32 Å². The number of thiophene rings is 1. The third kappa shape index (κ3) is 4.29. The Balaban J connectivity index is 1.68. The number of benzene rings is 1. The van der Waals surface area contributed by atoms with Crippen molar-refractivity contribution in [2.24, 2.45) is 5.92 Å². The van der Waals surface area contributed by atoms with E-state index >= 15 is 0 Å². The summed E-state index contributed by atoms with van der Waals surface area (Å²) in [6.07, 6.45) is 1.94. The lowest BCUT2D eigenvalue weighted by Crippen LogP contribution is -2.38. The fourth-order valence-corrected chi connectivity index (χ4v) is 5.73. The molecule has 0 saturated carbocycles. The number of carbonyl (C=O) groups is 1. The van der Waals surface area contributed by atoms with Crippen molar-refractivity contribution in [1.82, 2.24) is 9.62 Å². The molecule has 1 aromatic carbocycles. The van der Waals surface area contributed by atoms with E-state index in [1.54, 1.807) is 5.38 Å². The molecule has 1 aromatic heterocycles. The van der Waals surface area contributed by atoms with Gasteiger partial charge in [-0.2, -0.15) is 4.31 Å². The molecule has 1 N–H and O–H groups in total. The van der Waals surface area contributed by atoms with Crippen molar-refractivity contribution in [3.8, 4) is 0 Å². The van der Waals surface area contributed by atoms with Gasteiger partial charge in [0.05, 0.1) is 9.77 Å². The average Bonchev–Trinajstić information content (AvgIpc) is 3.11. The van der Waals surface area contributed by atoms with Crippen molar-refractivity contribution >= 4 is 27.3 Å². The summed E-state index contributed by atoms with van der Waals surface area (Å²) in [4.78, 5) is 12.9. The zero-order valence-corrected chi connectivity index (χ0v) is 15.8. The summed E-state index contributed by atoms with van der Waals surface area (Å²) in [7, 11) is -3.51. The second-order valence-electron chi connectivity index (χ2n) is 6.43. The molecular formula is C18H22N2O3S2. The number of hydrogen-bond donors (Lipinski definition) is 1. The second-order valence-corrected chi connectivity index (χ2v) is 9.27. The Morgan fingerprint density at radius 2 is 2.08 bits per heavy atom. The monoisotopic (exact) mass is 378 g/mol. The quantitative estimate of drug-likeness (QED) is 0.869. The van der Waals surface area contributed by atoms with Gasteiger partial charge in [-0.1, -0.05) is 37.3 Å². The number of nitrogens with zero attached hydrogens (tertiary/aromatic N) is 1. The van der Waals surface area contributed by atoms with E-state index < -0.39 is 10.0 Å². The van der Waals surface area contributed by atoms with Crippen LogP contribution in [0, 0.1) is 5.92 Å². The Morgan fingerprint density at radius 3 is 2.80 bits per heavy atom. The van der Waals surface area contributed by atoms with Gasteiger partial charge in [0.1, 0.15) is 0 Å². The van der Waals surface area contributed by atoms with E-state index in [4.69, 9.17) is 0 Å². The number of rotatable bonds is 5. The average molecular weight is 379 g/mol. The molecule has 0 spiro atoms. The van der Waals surface area contributed by atoms with E-state index in [-0.39, 0.29) is 10.8 Å². The molecule has 7 heteroatoms. The number of nitrogens with one attached hydrogen (secondary N) is 1. The van der Waals surface area contributed by atoms with Crippen molar-refractivity contribution in [2.75, 3.05) is 13.1 Å². The van der Waals surface area contributed by atoms with Gasteiger partial charge in [-0.05, 0) is 30.4 Å². The third-order valence-electron chi connectivity index (χ3n) is 4.35. The fraction of sp³-hybridized carbons (Fsp3) is 0.389. The number of carbonyl (C=O) groups excluding carboxylic acids is 1. The van der Waals surface area contributed by atoms with Crippen LogP contribution in [0.5, 0.6) is 0 Å². The van der Waals surface area contributed by atoms with Gasteiger partial charge in [0.2, 0.25) is 10.0 Å². The Hall–Kier alpha value is -1.70. The summed E-state index contributed by atoms with van der Waals surface area (Å²) in [6.45, 7) is 3.59. The van der Waals surface area contributed by atoms with Crippen LogP contribution in [0.3, 0.4) is 0 Å². The molecule has 1 unspecified atom stereocenters. The third-order valence-corrected chi connectivity index (χ3v) is 7.27. The SMILES string of the molecule is CC1CCCN(S(=O)(=O)c2csc(C(=O)NCc3ccccc3)c2)C1. The molecule has 1 aliphatic heterocycles. The van der Waals surface area contributed by atoms with Crippen molar-refractivity contribution < 1.29 is 13.2 Å². The minimum atomic E-state index is -3.51. The molecule has 1 amide bonds. The highest BCUT2D eigenvalue weighted by Gasteiger charge is 2.29. The first-order valence-corrected chi connectivity index (χ1v) is 10.7. The molecule has 0 bridgehead atoms. The Kier molecular flexibility index (Phi) is 5.56. The first-order valence-electron chi connectivity index (χ1n) is 8.37. The highest BCUT2D eigenvalue weighted by molar-refractivity contribution is 7.89. The Labute approximate surface area is 152 Å². The molecule has 5 nitrogen and oxygen atoms in total. The fourth-order valence-electron chi connectivity index (χ4n) is 2.95. The van der Waals surface area contributed by atoms with Crippen molar-refractivity contribution in [3.63, 3.8) is 0 Å². The predicted octanol–water partition coefficient (Wildman–Crippen LogP) is 3.10. The summed E-state index contributed by atoms with van der Waals surface area (Å²) in [6, 6.07) is 11.1. The van der Waals surface area contributed by atoms with E-state index in [0.29, 0.717) is 30.4 Å². The van der Waals surface area contributed by atoms with Crippen LogP contribution in [0.25, 0.3) is 0 Å². The largest absolute Gasteiger partial charge is 0.347 e. The van der Waals surface area contributed by atoms with Crippen LogP contribution in [0.4, 0.5) is 0 Å². The lowest BCUT2D eigenvalue weighted by molar-refractivity contribution is 0.0955. The topological polar surface area (TPSA) is 66.5 Å². The number of amides is 1. The lowest BCUT2D eigenvalue weighted by Gasteiger charge is -2.29. The Morgan fingerprint density at radius 1 is 1.32 bits per heavy atom. The zero-order valence-electron chi connectivity index (χ0n) is 14.1. The minimum Gasteiger partial charge on any atom is -0.347 e. The smallest absolute Gasteiger partial charge is 0.261 e. The van der Waals surface area contributed by atoms with Crippen molar-refractivity contribution in [1.29, 1.82) is 0 Å². The van der Waals surface area contributed by atoms with Crippen molar-refractivity contribution in [3.05, 3.63) is 52.2 Å². The Bertz CT molecular complexity index is 831. The van der Waals surface area contributed by atoms with Crippen molar-refractivity contribution in [2.45, 2.75) is 31.2 Å². The molecule has 134 valence electrons. The molecule has 1 atom stereocenters. The van der Waals surface area contributed by atoms with Gasteiger partial charge < -0.3 is 5.32 Å². The standard InChI is InChI=1S/C18H22N2O3S2/c1-14-6-5-9-20(12-14)25(22,23)16-10-17(24-13-16)18(21)19-11-15-7-3-2-4-8-15/h2-4,7-8,10,13-14H,5-6,9,11-12H2,1H3,(H,19,21). The summed E-state index contributed by atoms with van der Waals surface area (Å²) < 4.78 is 27.0. The molecule has 25 heavy (non-hydrogen) atoms. The van der Waals surface area contributed by atoms with Gasteiger partial charge in [0.15, 0.2) is 0 Å². The van der Waals surface area contributed by atoms with Gasteiger partial charge in [-0.3, -0.25) is 4.79 Å². The predicted molar refractivity (Wildman–Crippen MR) is 99.1 cm³/mol. The minimum absolute atomic E-state index is 0.219.